The molecule has 3 N–H and O–H groups in total. The van der Waals surface area contributed by atoms with Crippen molar-refractivity contribution in [3.8, 4) is 0 Å². The number of anilines is 1. The van der Waals surface area contributed by atoms with Crippen molar-refractivity contribution in [3.05, 3.63) is 24.4 Å². The Labute approximate surface area is 129 Å². The molecular formula is C16H22N4O2. The zero-order chi connectivity index (χ0) is 15.7. The molecule has 0 atom stereocenters. The molecule has 0 spiro atoms. The number of alkyl carbamates (subject to hydrolysis) is 1. The van der Waals surface area contributed by atoms with Gasteiger partial charge in [-0.2, -0.15) is 5.10 Å². The van der Waals surface area contributed by atoms with E-state index in [9.17, 15) is 4.79 Å². The highest BCUT2D eigenvalue weighted by molar-refractivity contribution is 5.91. The largest absolute Gasteiger partial charge is 0.444 e. The van der Waals surface area contributed by atoms with Gasteiger partial charge in [0.25, 0.3) is 0 Å². The highest BCUT2D eigenvalue weighted by Gasteiger charge is 2.31. The molecule has 0 bridgehead atoms. The lowest BCUT2D eigenvalue weighted by molar-refractivity contribution is 0.0475. The molecule has 22 heavy (non-hydrogen) atoms. The molecule has 2 aromatic rings. The summed E-state index contributed by atoms with van der Waals surface area (Å²) in [5, 5.41) is 14.5. The summed E-state index contributed by atoms with van der Waals surface area (Å²) in [6.07, 6.45) is 3.28. The summed E-state index contributed by atoms with van der Waals surface area (Å²) in [5.74, 6) is 0. The van der Waals surface area contributed by atoms with E-state index in [1.165, 1.54) is 0 Å². The van der Waals surface area contributed by atoms with E-state index >= 15 is 0 Å². The Kier molecular flexibility index (Phi) is 3.68. The summed E-state index contributed by atoms with van der Waals surface area (Å²) >= 11 is 0. The Morgan fingerprint density at radius 2 is 2.09 bits per heavy atom. The molecule has 1 heterocycles. The number of nitrogens with one attached hydrogen (secondary N) is 3. The lowest BCUT2D eigenvalue weighted by Crippen LogP contribution is -2.50. The Balaban J connectivity index is 1.50. The number of carbonyl (C=O) groups excluding carboxylic acids is 1. The number of rotatable bonds is 3. The van der Waals surface area contributed by atoms with E-state index in [1.807, 2.05) is 45.2 Å². The first kappa shape index (κ1) is 14.7. The standard InChI is InChI=1S/C16H22N4O2/c1-16(2,3)22-15(21)19-11-7-10(8-11)18-13-5-4-6-14-12(13)9-17-20-14/h4-6,9-11,18H,7-8H2,1-3H3,(H,17,20)(H,19,21). The van der Waals surface area contributed by atoms with E-state index in [-0.39, 0.29) is 12.1 Å². The van der Waals surface area contributed by atoms with Crippen LogP contribution in [0.3, 0.4) is 0 Å². The van der Waals surface area contributed by atoms with Gasteiger partial charge in [0.05, 0.1) is 11.7 Å². The third-order valence-corrected chi connectivity index (χ3v) is 3.70. The predicted molar refractivity (Wildman–Crippen MR) is 85.9 cm³/mol. The van der Waals surface area contributed by atoms with Crippen molar-refractivity contribution in [2.75, 3.05) is 5.32 Å². The molecule has 3 rings (SSSR count). The highest BCUT2D eigenvalue weighted by Crippen LogP contribution is 2.28. The molecule has 6 heteroatoms. The smallest absolute Gasteiger partial charge is 0.407 e. The van der Waals surface area contributed by atoms with Crippen LogP contribution in [0.2, 0.25) is 0 Å². The Morgan fingerprint density at radius 3 is 2.82 bits per heavy atom. The average molecular weight is 302 g/mol. The van der Waals surface area contributed by atoms with Crippen LogP contribution < -0.4 is 10.6 Å². The fourth-order valence-corrected chi connectivity index (χ4v) is 2.64. The van der Waals surface area contributed by atoms with Crippen LogP contribution in [-0.2, 0) is 4.74 Å². The summed E-state index contributed by atoms with van der Waals surface area (Å²) in [5.41, 5.74) is 1.64. The predicted octanol–water partition coefficient (Wildman–Crippen LogP) is 3.03. The Morgan fingerprint density at radius 1 is 1.32 bits per heavy atom. The monoisotopic (exact) mass is 302 g/mol. The molecule has 1 aromatic carbocycles. The van der Waals surface area contributed by atoms with Crippen LogP contribution in [0.4, 0.5) is 10.5 Å². The SMILES string of the molecule is CC(C)(C)OC(=O)NC1CC(Nc2cccc3[nH]ncc23)C1. The van der Waals surface area contributed by atoms with Crippen LogP contribution in [0.15, 0.2) is 24.4 Å². The molecular weight excluding hydrogens is 280 g/mol. The van der Waals surface area contributed by atoms with Crippen molar-refractivity contribution in [3.63, 3.8) is 0 Å². The zero-order valence-electron chi connectivity index (χ0n) is 13.1. The summed E-state index contributed by atoms with van der Waals surface area (Å²) < 4.78 is 5.26. The number of hydrogen-bond donors (Lipinski definition) is 3. The van der Waals surface area contributed by atoms with Gasteiger partial charge in [-0.1, -0.05) is 6.07 Å². The quantitative estimate of drug-likeness (QED) is 0.814. The molecule has 1 aromatic heterocycles. The second-order valence-corrected chi connectivity index (χ2v) is 6.79. The summed E-state index contributed by atoms with van der Waals surface area (Å²) in [4.78, 5) is 11.7. The van der Waals surface area contributed by atoms with Crippen LogP contribution in [0.5, 0.6) is 0 Å². The second kappa shape index (κ2) is 5.51. The van der Waals surface area contributed by atoms with Crippen molar-refractivity contribution in [1.29, 1.82) is 0 Å². The van der Waals surface area contributed by atoms with Crippen molar-refractivity contribution >= 4 is 22.7 Å². The number of benzene rings is 1. The molecule has 1 aliphatic rings. The molecule has 1 fully saturated rings. The highest BCUT2D eigenvalue weighted by atomic mass is 16.6. The molecule has 0 unspecified atom stereocenters. The topological polar surface area (TPSA) is 79.0 Å². The minimum atomic E-state index is -0.456. The number of carbonyl (C=O) groups is 1. The van der Waals surface area contributed by atoms with Gasteiger partial charge in [-0.15, -0.1) is 0 Å². The van der Waals surface area contributed by atoms with Crippen LogP contribution in [0.25, 0.3) is 10.9 Å². The maximum atomic E-state index is 11.7. The van der Waals surface area contributed by atoms with Crippen LogP contribution >= 0.6 is 0 Å². The van der Waals surface area contributed by atoms with Gasteiger partial charge in [-0.25, -0.2) is 4.79 Å². The molecule has 1 aliphatic carbocycles. The number of H-pyrrole nitrogens is 1. The summed E-state index contributed by atoms with van der Waals surface area (Å²) in [6, 6.07) is 6.59. The normalized spacial score (nSPS) is 21.2. The summed E-state index contributed by atoms with van der Waals surface area (Å²) in [6.45, 7) is 5.59. The van der Waals surface area contributed by atoms with Crippen LogP contribution in [-0.4, -0.2) is 34.0 Å². The van der Waals surface area contributed by atoms with E-state index in [0.717, 1.165) is 29.4 Å². The minimum Gasteiger partial charge on any atom is -0.444 e. The second-order valence-electron chi connectivity index (χ2n) is 6.79. The molecule has 1 saturated carbocycles. The molecule has 118 valence electrons. The van der Waals surface area contributed by atoms with E-state index < -0.39 is 5.60 Å². The number of aromatic nitrogens is 2. The fraction of sp³-hybridized carbons (Fsp3) is 0.500. The molecule has 1 amide bonds. The molecule has 0 saturated heterocycles. The van der Waals surface area contributed by atoms with Gasteiger partial charge in [-0.3, -0.25) is 5.10 Å². The minimum absolute atomic E-state index is 0.177. The zero-order valence-corrected chi connectivity index (χ0v) is 13.1. The van der Waals surface area contributed by atoms with Crippen molar-refractivity contribution in [1.82, 2.24) is 15.5 Å². The third-order valence-electron chi connectivity index (χ3n) is 3.70. The molecule has 0 aliphatic heterocycles. The van der Waals surface area contributed by atoms with E-state index in [0.29, 0.717) is 6.04 Å². The number of ether oxygens (including phenoxy) is 1. The number of fused-ring (bicyclic) bond motifs is 1. The maximum absolute atomic E-state index is 11.7. The summed E-state index contributed by atoms with van der Waals surface area (Å²) in [7, 11) is 0. The third kappa shape index (κ3) is 3.32. The van der Waals surface area contributed by atoms with Crippen molar-refractivity contribution in [2.24, 2.45) is 0 Å². The van der Waals surface area contributed by atoms with Gasteiger partial charge in [0, 0.05) is 23.2 Å². The van der Waals surface area contributed by atoms with Gasteiger partial charge >= 0.3 is 6.09 Å². The van der Waals surface area contributed by atoms with Gasteiger partial charge in [-0.05, 0) is 45.7 Å². The van der Waals surface area contributed by atoms with Gasteiger partial charge in [0.1, 0.15) is 5.60 Å². The van der Waals surface area contributed by atoms with E-state index in [4.69, 9.17) is 4.74 Å². The van der Waals surface area contributed by atoms with E-state index in [1.54, 1.807) is 0 Å². The average Bonchev–Trinajstić information content (AvgIpc) is 2.83. The van der Waals surface area contributed by atoms with Crippen LogP contribution in [0, 0.1) is 0 Å². The number of amides is 1. The fourth-order valence-electron chi connectivity index (χ4n) is 2.64. The van der Waals surface area contributed by atoms with Crippen LogP contribution in [0.1, 0.15) is 33.6 Å². The van der Waals surface area contributed by atoms with Gasteiger partial charge in [0.15, 0.2) is 0 Å². The number of hydrogen-bond acceptors (Lipinski definition) is 4. The van der Waals surface area contributed by atoms with Crippen molar-refractivity contribution in [2.45, 2.75) is 51.3 Å². The maximum Gasteiger partial charge on any atom is 0.407 e. The van der Waals surface area contributed by atoms with Gasteiger partial charge in [0.2, 0.25) is 0 Å². The molecule has 0 radical (unpaired) electrons. The Hall–Kier alpha value is -2.24. The van der Waals surface area contributed by atoms with E-state index in [2.05, 4.69) is 20.8 Å². The first-order chi connectivity index (χ1) is 10.4. The lowest BCUT2D eigenvalue weighted by Gasteiger charge is -2.37. The molecule has 6 nitrogen and oxygen atoms in total. The number of aromatic amines is 1. The lowest BCUT2D eigenvalue weighted by atomic mass is 9.86. The van der Waals surface area contributed by atoms with Gasteiger partial charge < -0.3 is 15.4 Å². The first-order valence-corrected chi connectivity index (χ1v) is 7.59. The first-order valence-electron chi connectivity index (χ1n) is 7.59. The number of nitrogens with zero attached hydrogens (tertiary/aromatic N) is 1. The van der Waals surface area contributed by atoms with Crippen molar-refractivity contribution < 1.29 is 9.53 Å². The Bertz CT molecular complexity index is 668.